The first-order chi connectivity index (χ1) is 12.1. The quantitative estimate of drug-likeness (QED) is 0.632. The summed E-state index contributed by atoms with van der Waals surface area (Å²) >= 11 is 0. The Morgan fingerprint density at radius 2 is 1.38 bits per heavy atom. The predicted molar refractivity (Wildman–Crippen MR) is 90.3 cm³/mol. The van der Waals surface area contributed by atoms with Crippen molar-refractivity contribution in [1.82, 2.24) is 0 Å². The van der Waals surface area contributed by atoms with Gasteiger partial charge in [-0.15, -0.1) is 0 Å². The third-order valence-corrected chi connectivity index (χ3v) is 3.48. The van der Waals surface area contributed by atoms with Crippen molar-refractivity contribution in [2.24, 2.45) is 0 Å². The fourth-order valence-corrected chi connectivity index (χ4v) is 2.37. The van der Waals surface area contributed by atoms with Crippen molar-refractivity contribution in [2.45, 2.75) is 13.8 Å². The van der Waals surface area contributed by atoms with Crippen molar-refractivity contribution in [3.8, 4) is 0 Å². The van der Waals surface area contributed by atoms with E-state index in [4.69, 9.17) is 0 Å². The van der Waals surface area contributed by atoms with Gasteiger partial charge in [-0.2, -0.15) is 0 Å². The summed E-state index contributed by atoms with van der Waals surface area (Å²) in [6, 6.07) is 5.31. The van der Waals surface area contributed by atoms with Crippen LogP contribution in [0.4, 0.5) is 22.7 Å². The van der Waals surface area contributed by atoms with Gasteiger partial charge in [-0.05, 0) is 25.0 Å². The highest BCUT2D eigenvalue weighted by Gasteiger charge is 2.23. The molecule has 0 bridgehead atoms. The topological polar surface area (TPSA) is 159 Å². The molecule has 0 heterocycles. The number of non-ortho nitro benzene ring substituents is 2. The molecule has 0 unspecified atom stereocenters. The van der Waals surface area contributed by atoms with Crippen LogP contribution in [0.2, 0.25) is 0 Å². The molecule has 11 heteroatoms. The maximum atomic E-state index is 12.4. The van der Waals surface area contributed by atoms with Crippen molar-refractivity contribution in [1.29, 1.82) is 0 Å². The third-order valence-electron chi connectivity index (χ3n) is 3.48. The van der Waals surface area contributed by atoms with Gasteiger partial charge in [0, 0.05) is 18.2 Å². The Morgan fingerprint density at radius 1 is 0.846 bits per heavy atom. The number of aryl methyl sites for hydroxylation is 2. The second-order valence-corrected chi connectivity index (χ2v) is 5.44. The Bertz CT molecular complexity index is 923. The summed E-state index contributed by atoms with van der Waals surface area (Å²) in [6.07, 6.45) is 0. The first kappa shape index (κ1) is 18.4. The van der Waals surface area contributed by atoms with E-state index in [1.54, 1.807) is 19.9 Å². The van der Waals surface area contributed by atoms with Gasteiger partial charge in [0.2, 0.25) is 0 Å². The maximum absolute atomic E-state index is 12.4. The van der Waals surface area contributed by atoms with Crippen molar-refractivity contribution in [3.63, 3.8) is 0 Å². The maximum Gasteiger partial charge on any atom is 0.293 e. The molecule has 0 fully saturated rings. The van der Waals surface area contributed by atoms with E-state index in [2.05, 4.69) is 5.32 Å². The van der Waals surface area contributed by atoms with E-state index in [0.717, 1.165) is 18.2 Å². The molecule has 134 valence electrons. The van der Waals surface area contributed by atoms with E-state index >= 15 is 0 Å². The first-order valence-corrected chi connectivity index (χ1v) is 7.11. The van der Waals surface area contributed by atoms with Crippen LogP contribution < -0.4 is 5.32 Å². The van der Waals surface area contributed by atoms with Gasteiger partial charge in [0.05, 0.1) is 26.4 Å². The standard InChI is InChI=1S/C15H12N4O7/c1-8-3-9(2)14(13(4-8)19(25)26)16-15(20)10-5-11(17(21)22)7-12(6-10)18(23)24/h3-7H,1-2H3,(H,16,20). The highest BCUT2D eigenvalue weighted by molar-refractivity contribution is 6.06. The molecule has 0 aliphatic rings. The smallest absolute Gasteiger partial charge is 0.293 e. The molecule has 2 aromatic carbocycles. The fraction of sp³-hybridized carbons (Fsp3) is 0.133. The molecule has 2 aromatic rings. The molecule has 1 amide bonds. The number of amides is 1. The molecule has 0 saturated carbocycles. The molecule has 0 aliphatic carbocycles. The summed E-state index contributed by atoms with van der Waals surface area (Å²) in [5.74, 6) is -0.938. The number of nitro groups is 3. The summed E-state index contributed by atoms with van der Waals surface area (Å²) < 4.78 is 0. The van der Waals surface area contributed by atoms with Gasteiger partial charge >= 0.3 is 0 Å². The highest BCUT2D eigenvalue weighted by Crippen LogP contribution is 2.31. The van der Waals surface area contributed by atoms with E-state index in [1.165, 1.54) is 6.07 Å². The van der Waals surface area contributed by atoms with Gasteiger partial charge < -0.3 is 5.32 Å². The molecule has 0 aliphatic heterocycles. The van der Waals surface area contributed by atoms with Crippen LogP contribution in [0.3, 0.4) is 0 Å². The number of nitro benzene ring substituents is 3. The van der Waals surface area contributed by atoms with Crippen LogP contribution in [0.25, 0.3) is 0 Å². The van der Waals surface area contributed by atoms with E-state index in [9.17, 15) is 35.1 Å². The lowest BCUT2D eigenvalue weighted by atomic mass is 10.1. The average Bonchev–Trinajstić information content (AvgIpc) is 2.56. The summed E-state index contributed by atoms with van der Waals surface area (Å²) in [5.41, 5.74) is -1.06. The number of hydrogen-bond donors (Lipinski definition) is 1. The summed E-state index contributed by atoms with van der Waals surface area (Å²) in [6.45, 7) is 3.20. The van der Waals surface area contributed by atoms with Crippen LogP contribution in [0.15, 0.2) is 30.3 Å². The number of hydrogen-bond acceptors (Lipinski definition) is 7. The van der Waals surface area contributed by atoms with Crippen molar-refractivity contribution in [3.05, 3.63) is 77.4 Å². The van der Waals surface area contributed by atoms with Crippen molar-refractivity contribution >= 4 is 28.7 Å². The molecule has 0 spiro atoms. The monoisotopic (exact) mass is 360 g/mol. The van der Waals surface area contributed by atoms with E-state index in [-0.39, 0.29) is 16.9 Å². The van der Waals surface area contributed by atoms with E-state index < -0.39 is 32.1 Å². The predicted octanol–water partition coefficient (Wildman–Crippen LogP) is 3.28. The zero-order chi connectivity index (χ0) is 19.6. The second-order valence-electron chi connectivity index (χ2n) is 5.44. The Labute approximate surface area is 145 Å². The molecule has 0 saturated heterocycles. The minimum absolute atomic E-state index is 0.0836. The minimum atomic E-state index is -0.938. The third kappa shape index (κ3) is 3.77. The zero-order valence-electron chi connectivity index (χ0n) is 13.6. The number of nitrogens with one attached hydrogen (secondary N) is 1. The average molecular weight is 360 g/mol. The SMILES string of the molecule is Cc1cc(C)c(NC(=O)c2cc([N+](=O)[O-])cc([N+](=O)[O-])c2)c([N+](=O)[O-])c1. The van der Waals surface area contributed by atoms with Crippen LogP contribution in [-0.4, -0.2) is 20.7 Å². The number of nitrogens with zero attached hydrogens (tertiary/aromatic N) is 3. The first-order valence-electron chi connectivity index (χ1n) is 7.11. The van der Waals surface area contributed by atoms with Crippen LogP contribution in [0, 0.1) is 44.2 Å². The molecular weight excluding hydrogens is 348 g/mol. The van der Waals surface area contributed by atoms with Crippen LogP contribution in [0.5, 0.6) is 0 Å². The summed E-state index contributed by atoms with van der Waals surface area (Å²) in [7, 11) is 0. The zero-order valence-corrected chi connectivity index (χ0v) is 13.6. The number of carbonyl (C=O) groups is 1. The summed E-state index contributed by atoms with van der Waals surface area (Å²) in [4.78, 5) is 43.0. The number of anilines is 1. The lowest BCUT2D eigenvalue weighted by Crippen LogP contribution is -2.15. The number of rotatable bonds is 5. The Kier molecular flexibility index (Phi) is 4.91. The Hall–Kier alpha value is -3.89. The van der Waals surface area contributed by atoms with Gasteiger partial charge in [-0.1, -0.05) is 6.07 Å². The number of benzene rings is 2. The van der Waals surface area contributed by atoms with E-state index in [1.807, 2.05) is 0 Å². The van der Waals surface area contributed by atoms with Gasteiger partial charge in [0.25, 0.3) is 23.0 Å². The van der Waals surface area contributed by atoms with Crippen LogP contribution in [0.1, 0.15) is 21.5 Å². The molecule has 0 radical (unpaired) electrons. The van der Waals surface area contributed by atoms with Gasteiger partial charge in [0.1, 0.15) is 5.69 Å². The lowest BCUT2D eigenvalue weighted by molar-refractivity contribution is -0.394. The number of carbonyl (C=O) groups excluding carboxylic acids is 1. The van der Waals surface area contributed by atoms with E-state index in [0.29, 0.717) is 11.1 Å². The van der Waals surface area contributed by atoms with Gasteiger partial charge in [-0.3, -0.25) is 35.1 Å². The molecule has 26 heavy (non-hydrogen) atoms. The van der Waals surface area contributed by atoms with Crippen molar-refractivity contribution in [2.75, 3.05) is 5.32 Å². The Morgan fingerprint density at radius 3 is 1.85 bits per heavy atom. The Balaban J connectivity index is 2.50. The minimum Gasteiger partial charge on any atom is -0.316 e. The molecule has 1 N–H and O–H groups in total. The van der Waals surface area contributed by atoms with Crippen LogP contribution >= 0.6 is 0 Å². The lowest BCUT2D eigenvalue weighted by Gasteiger charge is -2.10. The largest absolute Gasteiger partial charge is 0.316 e. The molecule has 0 atom stereocenters. The molecule has 11 nitrogen and oxygen atoms in total. The fourth-order valence-electron chi connectivity index (χ4n) is 2.37. The highest BCUT2D eigenvalue weighted by atomic mass is 16.6. The van der Waals surface area contributed by atoms with Gasteiger partial charge in [-0.25, -0.2) is 0 Å². The molecule has 0 aromatic heterocycles. The second kappa shape index (κ2) is 6.93. The molecule has 2 rings (SSSR count). The van der Waals surface area contributed by atoms with Crippen LogP contribution in [-0.2, 0) is 0 Å². The van der Waals surface area contributed by atoms with Gasteiger partial charge in [0.15, 0.2) is 0 Å². The summed E-state index contributed by atoms with van der Waals surface area (Å²) in [5, 5.41) is 35.3. The molecular formula is C15H12N4O7. The van der Waals surface area contributed by atoms with Crippen molar-refractivity contribution < 1.29 is 19.6 Å². The normalized spacial score (nSPS) is 10.2.